The van der Waals surface area contributed by atoms with Crippen molar-refractivity contribution >= 4 is 43.2 Å². The van der Waals surface area contributed by atoms with E-state index in [2.05, 4.69) is 15.9 Å². The van der Waals surface area contributed by atoms with Crippen LogP contribution in [0.4, 0.5) is 18.9 Å². The fraction of sp³-hybridized carbons (Fsp3) is 0.455. The first-order chi connectivity index (χ1) is 9.05. The van der Waals surface area contributed by atoms with Crippen molar-refractivity contribution in [3.63, 3.8) is 0 Å². The van der Waals surface area contributed by atoms with Crippen LogP contribution in [0.2, 0.25) is 0 Å². The van der Waals surface area contributed by atoms with E-state index >= 15 is 0 Å². The van der Waals surface area contributed by atoms with E-state index in [0.29, 0.717) is 0 Å². The number of hydrogen-bond acceptors (Lipinski definition) is 2. The summed E-state index contributed by atoms with van der Waals surface area (Å²) in [6.07, 6.45) is -4.65. The Morgan fingerprint density at radius 2 is 2.00 bits per heavy atom. The maximum atomic E-state index is 12.9. The summed E-state index contributed by atoms with van der Waals surface area (Å²) in [6, 6.07) is 3.22. The first-order valence-corrected chi connectivity index (χ1v) is 8.46. The van der Waals surface area contributed by atoms with Gasteiger partial charge < -0.3 is 0 Å². The number of benzene rings is 1. The van der Waals surface area contributed by atoms with Gasteiger partial charge in [0.15, 0.2) is 0 Å². The summed E-state index contributed by atoms with van der Waals surface area (Å²) in [5, 5.41) is 0. The van der Waals surface area contributed by atoms with E-state index in [1.54, 1.807) is 6.92 Å². The van der Waals surface area contributed by atoms with Gasteiger partial charge in [0, 0.05) is 10.4 Å². The minimum Gasteiger partial charge on any atom is -0.283 e. The highest BCUT2D eigenvalue weighted by Gasteiger charge is 2.34. The van der Waals surface area contributed by atoms with Crippen LogP contribution in [0.15, 0.2) is 22.7 Å². The molecule has 0 radical (unpaired) electrons. The summed E-state index contributed by atoms with van der Waals surface area (Å²) < 4.78 is 64.3. The third kappa shape index (κ3) is 5.14. The lowest BCUT2D eigenvalue weighted by Gasteiger charge is -2.16. The molecular weight excluding hydrogens is 383 g/mol. The van der Waals surface area contributed by atoms with E-state index in [-0.39, 0.29) is 22.0 Å². The molecule has 0 saturated heterocycles. The Kier molecular flexibility index (Phi) is 5.74. The Morgan fingerprint density at radius 3 is 2.50 bits per heavy atom. The molecule has 1 atom stereocenters. The largest absolute Gasteiger partial charge is 0.418 e. The van der Waals surface area contributed by atoms with Gasteiger partial charge in [-0.2, -0.15) is 13.2 Å². The van der Waals surface area contributed by atoms with Crippen molar-refractivity contribution < 1.29 is 21.6 Å². The number of rotatable bonds is 5. The van der Waals surface area contributed by atoms with Crippen LogP contribution in [0.5, 0.6) is 0 Å². The predicted octanol–water partition coefficient (Wildman–Crippen LogP) is 4.08. The lowest BCUT2D eigenvalue weighted by atomic mass is 10.2. The molecule has 20 heavy (non-hydrogen) atoms. The minimum absolute atomic E-state index is 0.105. The molecule has 0 spiro atoms. The summed E-state index contributed by atoms with van der Waals surface area (Å²) in [6.45, 7) is 1.60. The minimum atomic E-state index is -4.65. The Hall–Kier alpha value is -0.470. The molecule has 1 aromatic carbocycles. The Labute approximate surface area is 128 Å². The molecule has 0 fully saturated rings. The molecule has 1 rings (SSSR count). The summed E-state index contributed by atoms with van der Waals surface area (Å²) in [7, 11) is -3.89. The standard InChI is InChI=1S/C11H12BrClF3NO2S/c1-7(5-13)6-20(18,19)17-10-3-2-8(12)4-9(10)11(14,15)16/h2-4,7,17H,5-6H2,1H3. The monoisotopic (exact) mass is 393 g/mol. The lowest BCUT2D eigenvalue weighted by molar-refractivity contribution is -0.136. The van der Waals surface area contributed by atoms with E-state index < -0.39 is 27.5 Å². The van der Waals surface area contributed by atoms with Gasteiger partial charge in [-0.3, -0.25) is 4.72 Å². The van der Waals surface area contributed by atoms with Crippen LogP contribution in [-0.2, 0) is 16.2 Å². The van der Waals surface area contributed by atoms with Crippen molar-refractivity contribution in [2.75, 3.05) is 16.4 Å². The second kappa shape index (κ2) is 6.53. The molecule has 1 unspecified atom stereocenters. The second-order valence-corrected chi connectivity index (χ2v) is 7.32. The third-order valence-electron chi connectivity index (χ3n) is 2.32. The molecule has 3 nitrogen and oxygen atoms in total. The van der Waals surface area contributed by atoms with E-state index in [9.17, 15) is 21.6 Å². The zero-order valence-corrected chi connectivity index (χ0v) is 13.5. The zero-order valence-electron chi connectivity index (χ0n) is 10.3. The fourth-order valence-corrected chi connectivity index (χ4v) is 3.53. The number of nitrogens with one attached hydrogen (secondary N) is 1. The molecule has 0 bridgehead atoms. The van der Waals surface area contributed by atoms with Crippen molar-refractivity contribution in [2.24, 2.45) is 5.92 Å². The molecule has 0 saturated carbocycles. The number of alkyl halides is 4. The smallest absolute Gasteiger partial charge is 0.283 e. The van der Waals surface area contributed by atoms with E-state index in [1.165, 1.54) is 6.07 Å². The average molecular weight is 395 g/mol. The summed E-state index contributed by atoms with van der Waals surface area (Å²) >= 11 is 8.43. The van der Waals surface area contributed by atoms with Crippen molar-refractivity contribution in [3.05, 3.63) is 28.2 Å². The number of hydrogen-bond donors (Lipinski definition) is 1. The van der Waals surface area contributed by atoms with Gasteiger partial charge in [-0.15, -0.1) is 11.6 Å². The van der Waals surface area contributed by atoms with Crippen molar-refractivity contribution in [1.82, 2.24) is 0 Å². The van der Waals surface area contributed by atoms with Gasteiger partial charge in [-0.1, -0.05) is 22.9 Å². The van der Waals surface area contributed by atoms with E-state index in [0.717, 1.165) is 12.1 Å². The topological polar surface area (TPSA) is 46.2 Å². The van der Waals surface area contributed by atoms with Crippen LogP contribution in [0.3, 0.4) is 0 Å². The molecule has 0 aliphatic carbocycles. The van der Waals surface area contributed by atoms with Crippen LogP contribution in [0.1, 0.15) is 12.5 Å². The van der Waals surface area contributed by atoms with Gasteiger partial charge in [0.05, 0.1) is 17.0 Å². The number of halogens is 5. The van der Waals surface area contributed by atoms with E-state index in [1.807, 2.05) is 4.72 Å². The van der Waals surface area contributed by atoms with Gasteiger partial charge >= 0.3 is 6.18 Å². The summed E-state index contributed by atoms with van der Waals surface area (Å²) in [5.41, 5.74) is -1.54. The molecule has 9 heteroatoms. The normalized spacial score (nSPS) is 14.1. The van der Waals surface area contributed by atoms with Gasteiger partial charge in [-0.05, 0) is 24.1 Å². The van der Waals surface area contributed by atoms with Gasteiger partial charge in [0.2, 0.25) is 10.0 Å². The van der Waals surface area contributed by atoms with Crippen LogP contribution < -0.4 is 4.72 Å². The second-order valence-electron chi connectivity index (χ2n) is 4.33. The molecule has 114 valence electrons. The van der Waals surface area contributed by atoms with Crippen LogP contribution in [0.25, 0.3) is 0 Å². The SMILES string of the molecule is CC(CCl)CS(=O)(=O)Nc1ccc(Br)cc1C(F)(F)F. The lowest BCUT2D eigenvalue weighted by Crippen LogP contribution is -2.23. The molecule has 0 heterocycles. The molecule has 0 aliphatic heterocycles. The zero-order chi connectivity index (χ0) is 15.6. The van der Waals surface area contributed by atoms with Crippen molar-refractivity contribution in [1.29, 1.82) is 0 Å². The van der Waals surface area contributed by atoms with Gasteiger partial charge in [0.1, 0.15) is 0 Å². The fourth-order valence-electron chi connectivity index (χ4n) is 1.47. The van der Waals surface area contributed by atoms with Crippen LogP contribution in [-0.4, -0.2) is 20.1 Å². The maximum Gasteiger partial charge on any atom is 0.418 e. The predicted molar refractivity (Wildman–Crippen MR) is 76.4 cm³/mol. The molecule has 1 N–H and O–H groups in total. The molecule has 0 amide bonds. The van der Waals surface area contributed by atoms with E-state index in [4.69, 9.17) is 11.6 Å². The highest BCUT2D eigenvalue weighted by molar-refractivity contribution is 9.10. The number of anilines is 1. The molecule has 0 aromatic heterocycles. The third-order valence-corrected chi connectivity index (χ3v) is 4.88. The van der Waals surface area contributed by atoms with Crippen LogP contribution >= 0.6 is 27.5 Å². The quantitative estimate of drug-likeness (QED) is 0.765. The Morgan fingerprint density at radius 1 is 1.40 bits per heavy atom. The van der Waals surface area contributed by atoms with Gasteiger partial charge in [0.25, 0.3) is 0 Å². The van der Waals surface area contributed by atoms with Crippen LogP contribution in [0, 0.1) is 5.92 Å². The first kappa shape index (κ1) is 17.6. The Bertz CT molecular complexity index is 578. The van der Waals surface area contributed by atoms with Gasteiger partial charge in [-0.25, -0.2) is 8.42 Å². The molecule has 0 aliphatic rings. The van der Waals surface area contributed by atoms with Crippen molar-refractivity contribution in [2.45, 2.75) is 13.1 Å². The summed E-state index contributed by atoms with van der Waals surface area (Å²) in [4.78, 5) is 0. The van der Waals surface area contributed by atoms with Crippen molar-refractivity contribution in [3.8, 4) is 0 Å². The molecular formula is C11H12BrClF3NO2S. The highest BCUT2D eigenvalue weighted by atomic mass is 79.9. The Balaban J connectivity index is 3.10. The average Bonchev–Trinajstić information content (AvgIpc) is 2.29. The first-order valence-electron chi connectivity index (χ1n) is 5.48. The number of sulfonamides is 1. The highest BCUT2D eigenvalue weighted by Crippen LogP contribution is 2.37. The molecule has 1 aromatic rings. The summed E-state index contributed by atoms with van der Waals surface area (Å²) in [5.74, 6) is -0.601. The maximum absolute atomic E-state index is 12.9.